The lowest BCUT2D eigenvalue weighted by atomic mass is 10.0. The van der Waals surface area contributed by atoms with Crippen LogP contribution >= 0.6 is 0 Å². The van der Waals surface area contributed by atoms with E-state index in [0.717, 1.165) is 29.9 Å². The van der Waals surface area contributed by atoms with Gasteiger partial charge in [0.05, 0.1) is 11.7 Å². The van der Waals surface area contributed by atoms with E-state index in [1.165, 1.54) is 0 Å². The number of ether oxygens (including phenoxy) is 1. The van der Waals surface area contributed by atoms with Crippen LogP contribution in [0.5, 0.6) is 0 Å². The summed E-state index contributed by atoms with van der Waals surface area (Å²) in [5.41, 5.74) is 8.42. The van der Waals surface area contributed by atoms with Gasteiger partial charge in [-0.05, 0) is 39.8 Å². The molecule has 0 spiro atoms. The van der Waals surface area contributed by atoms with Gasteiger partial charge in [-0.15, -0.1) is 0 Å². The smallest absolute Gasteiger partial charge is 0.172 e. The number of hydrogen-bond donors (Lipinski definition) is 2. The summed E-state index contributed by atoms with van der Waals surface area (Å²) >= 11 is 0. The largest absolute Gasteiger partial charge is 0.409 e. The molecular weight excluding hydrogens is 254 g/mol. The lowest BCUT2D eigenvalue weighted by Gasteiger charge is -2.43. The molecule has 0 aromatic heterocycles. The average Bonchev–Trinajstić information content (AvgIpc) is 2.35. The van der Waals surface area contributed by atoms with Crippen LogP contribution < -0.4 is 10.6 Å². The van der Waals surface area contributed by atoms with Gasteiger partial charge in [0.15, 0.2) is 5.84 Å². The number of oxime groups is 1. The van der Waals surface area contributed by atoms with Crippen molar-refractivity contribution in [2.24, 2.45) is 10.9 Å². The van der Waals surface area contributed by atoms with Crippen molar-refractivity contribution in [3.05, 3.63) is 29.3 Å². The highest BCUT2D eigenvalue weighted by Crippen LogP contribution is 2.29. The van der Waals surface area contributed by atoms with Crippen LogP contribution in [0.15, 0.2) is 23.4 Å². The second kappa shape index (κ2) is 5.32. The Morgan fingerprint density at radius 2 is 2.20 bits per heavy atom. The molecule has 110 valence electrons. The Bertz CT molecular complexity index is 526. The van der Waals surface area contributed by atoms with Crippen LogP contribution in [0.4, 0.5) is 5.69 Å². The SMILES string of the molecule is Cc1ccc(N2CC(C)OC(C)(C)C2)c(/C(N)=N/O)c1. The lowest BCUT2D eigenvalue weighted by Crippen LogP contribution is -2.52. The standard InChI is InChI=1S/C15H23N3O2/c1-10-5-6-13(12(7-10)14(16)17-19)18-8-11(2)20-15(3,4)9-18/h5-7,11,19H,8-9H2,1-4H3,(H2,16,17). The van der Waals surface area contributed by atoms with Gasteiger partial charge in [0.25, 0.3) is 0 Å². The fourth-order valence-corrected chi connectivity index (χ4v) is 2.82. The maximum absolute atomic E-state index is 8.98. The molecule has 1 heterocycles. The van der Waals surface area contributed by atoms with Crippen molar-refractivity contribution < 1.29 is 9.94 Å². The zero-order valence-corrected chi connectivity index (χ0v) is 12.6. The van der Waals surface area contributed by atoms with Crippen LogP contribution in [0.25, 0.3) is 0 Å². The van der Waals surface area contributed by atoms with E-state index in [1.54, 1.807) is 0 Å². The molecule has 1 aromatic rings. The zero-order chi connectivity index (χ0) is 14.9. The Kier molecular flexibility index (Phi) is 3.90. The molecule has 20 heavy (non-hydrogen) atoms. The van der Waals surface area contributed by atoms with E-state index in [4.69, 9.17) is 15.7 Å². The predicted octanol–water partition coefficient (Wildman–Crippen LogP) is 2.09. The van der Waals surface area contributed by atoms with Gasteiger partial charge < -0.3 is 20.6 Å². The first kappa shape index (κ1) is 14.7. The monoisotopic (exact) mass is 277 g/mol. The van der Waals surface area contributed by atoms with E-state index in [-0.39, 0.29) is 17.5 Å². The average molecular weight is 277 g/mol. The maximum atomic E-state index is 8.98. The summed E-state index contributed by atoms with van der Waals surface area (Å²) in [7, 11) is 0. The van der Waals surface area contributed by atoms with Crippen molar-refractivity contribution in [1.82, 2.24) is 0 Å². The number of benzene rings is 1. The van der Waals surface area contributed by atoms with Crippen LogP contribution in [-0.4, -0.2) is 35.8 Å². The van der Waals surface area contributed by atoms with E-state index >= 15 is 0 Å². The van der Waals surface area contributed by atoms with Gasteiger partial charge in [-0.2, -0.15) is 0 Å². The molecule has 1 saturated heterocycles. The summed E-state index contributed by atoms with van der Waals surface area (Å²) in [6.45, 7) is 9.76. The number of aryl methyl sites for hydroxylation is 1. The number of nitrogens with zero attached hydrogens (tertiary/aromatic N) is 2. The highest BCUT2D eigenvalue weighted by Gasteiger charge is 2.32. The number of anilines is 1. The first-order valence-electron chi connectivity index (χ1n) is 6.84. The molecule has 0 bridgehead atoms. The Labute approximate surface area is 120 Å². The second-order valence-corrected chi connectivity index (χ2v) is 6.07. The lowest BCUT2D eigenvalue weighted by molar-refractivity contribution is -0.0749. The third-order valence-electron chi connectivity index (χ3n) is 3.45. The molecule has 1 atom stereocenters. The summed E-state index contributed by atoms with van der Waals surface area (Å²) in [4.78, 5) is 2.24. The van der Waals surface area contributed by atoms with Gasteiger partial charge in [0.2, 0.25) is 0 Å². The highest BCUT2D eigenvalue weighted by atomic mass is 16.5. The first-order chi connectivity index (χ1) is 9.32. The van der Waals surface area contributed by atoms with E-state index < -0.39 is 0 Å². The molecule has 1 aromatic carbocycles. The molecule has 1 unspecified atom stereocenters. The number of nitrogens with two attached hydrogens (primary N) is 1. The van der Waals surface area contributed by atoms with Crippen LogP contribution in [0.3, 0.4) is 0 Å². The summed E-state index contributed by atoms with van der Waals surface area (Å²) in [5.74, 6) is 0.139. The number of hydrogen-bond acceptors (Lipinski definition) is 4. The van der Waals surface area contributed by atoms with Crippen molar-refractivity contribution in [1.29, 1.82) is 0 Å². The Morgan fingerprint density at radius 1 is 1.50 bits per heavy atom. The highest BCUT2D eigenvalue weighted by molar-refractivity contribution is 6.02. The van der Waals surface area contributed by atoms with Gasteiger partial charge in [-0.25, -0.2) is 0 Å². The Hall–Kier alpha value is -1.75. The van der Waals surface area contributed by atoms with Gasteiger partial charge in [0, 0.05) is 24.3 Å². The Morgan fingerprint density at radius 3 is 2.80 bits per heavy atom. The molecule has 1 aliphatic rings. The quantitative estimate of drug-likeness (QED) is 0.376. The van der Waals surface area contributed by atoms with Crippen LogP contribution in [0.2, 0.25) is 0 Å². The topological polar surface area (TPSA) is 71.1 Å². The molecule has 0 aliphatic carbocycles. The minimum atomic E-state index is -0.217. The van der Waals surface area contributed by atoms with E-state index in [9.17, 15) is 0 Å². The second-order valence-electron chi connectivity index (χ2n) is 6.07. The van der Waals surface area contributed by atoms with Gasteiger partial charge in [-0.1, -0.05) is 16.8 Å². The number of rotatable bonds is 2. The van der Waals surface area contributed by atoms with Crippen LogP contribution in [-0.2, 0) is 4.74 Å². The third kappa shape index (κ3) is 3.04. The summed E-state index contributed by atoms with van der Waals surface area (Å²) in [5, 5.41) is 12.1. The van der Waals surface area contributed by atoms with E-state index in [0.29, 0.717) is 0 Å². The number of amidine groups is 1. The van der Waals surface area contributed by atoms with Crippen molar-refractivity contribution in [2.45, 2.75) is 39.4 Å². The van der Waals surface area contributed by atoms with Crippen LogP contribution in [0.1, 0.15) is 31.9 Å². The predicted molar refractivity (Wildman–Crippen MR) is 80.5 cm³/mol. The summed E-state index contributed by atoms with van der Waals surface area (Å²) in [6, 6.07) is 6.00. The first-order valence-corrected chi connectivity index (χ1v) is 6.84. The molecule has 5 heteroatoms. The van der Waals surface area contributed by atoms with Crippen molar-refractivity contribution >= 4 is 11.5 Å². The number of morpholine rings is 1. The van der Waals surface area contributed by atoms with E-state index in [1.807, 2.05) is 25.1 Å². The minimum absolute atomic E-state index is 0.139. The fraction of sp³-hybridized carbons (Fsp3) is 0.533. The van der Waals surface area contributed by atoms with Gasteiger partial charge in [0.1, 0.15) is 0 Å². The molecule has 0 saturated carbocycles. The van der Waals surface area contributed by atoms with Gasteiger partial charge >= 0.3 is 0 Å². The third-order valence-corrected chi connectivity index (χ3v) is 3.45. The van der Waals surface area contributed by atoms with Crippen molar-refractivity contribution in [3.8, 4) is 0 Å². The van der Waals surface area contributed by atoms with Crippen molar-refractivity contribution in [3.63, 3.8) is 0 Å². The van der Waals surface area contributed by atoms with Crippen LogP contribution in [0, 0.1) is 6.92 Å². The Balaban J connectivity index is 2.42. The molecule has 5 nitrogen and oxygen atoms in total. The molecule has 1 fully saturated rings. The molecule has 3 N–H and O–H groups in total. The van der Waals surface area contributed by atoms with E-state index in [2.05, 4.69) is 30.8 Å². The zero-order valence-electron chi connectivity index (χ0n) is 12.6. The normalized spacial score (nSPS) is 22.9. The maximum Gasteiger partial charge on any atom is 0.172 e. The summed E-state index contributed by atoms with van der Waals surface area (Å²) < 4.78 is 5.92. The summed E-state index contributed by atoms with van der Waals surface area (Å²) in [6.07, 6.45) is 0.139. The van der Waals surface area contributed by atoms with Gasteiger partial charge in [-0.3, -0.25) is 0 Å². The molecule has 0 amide bonds. The fourth-order valence-electron chi connectivity index (χ4n) is 2.82. The molecule has 0 radical (unpaired) electrons. The van der Waals surface area contributed by atoms with Crippen molar-refractivity contribution in [2.75, 3.05) is 18.0 Å². The minimum Gasteiger partial charge on any atom is -0.409 e. The molecule has 1 aliphatic heterocycles. The molecular formula is C15H23N3O2. The molecule has 2 rings (SSSR count).